The predicted octanol–water partition coefficient (Wildman–Crippen LogP) is 2.74. The fraction of sp³-hybridized carbons (Fsp3) is 0.167. The van der Waals surface area contributed by atoms with Gasteiger partial charge in [0, 0.05) is 24.9 Å². The second-order valence-electron chi connectivity index (χ2n) is 5.88. The predicted molar refractivity (Wildman–Crippen MR) is 91.4 cm³/mol. The zero-order chi connectivity index (χ0) is 17.4. The van der Waals surface area contributed by atoms with Gasteiger partial charge < -0.3 is 15.1 Å². The third kappa shape index (κ3) is 2.69. The summed E-state index contributed by atoms with van der Waals surface area (Å²) in [5.74, 6) is 0.594. The summed E-state index contributed by atoms with van der Waals surface area (Å²) in [4.78, 5) is 24.5. The summed E-state index contributed by atoms with van der Waals surface area (Å²) in [5.41, 5.74) is 1.80. The highest BCUT2D eigenvalue weighted by Gasteiger charge is 2.33. The number of aryl methyl sites for hydroxylation is 1. The minimum atomic E-state index is -0.380. The molecule has 1 unspecified atom stereocenters. The highest BCUT2D eigenvalue weighted by atomic mass is 16.3. The van der Waals surface area contributed by atoms with Crippen LogP contribution in [-0.2, 0) is 11.8 Å². The molecular weight excluding hydrogens is 320 g/mol. The third-order valence-electron chi connectivity index (χ3n) is 4.26. The van der Waals surface area contributed by atoms with Gasteiger partial charge in [0.2, 0.25) is 5.91 Å². The van der Waals surface area contributed by atoms with Crippen molar-refractivity contribution in [3.05, 3.63) is 65.6 Å². The van der Waals surface area contributed by atoms with Crippen LogP contribution < -0.4 is 10.6 Å². The summed E-state index contributed by atoms with van der Waals surface area (Å²) >= 11 is 0. The van der Waals surface area contributed by atoms with Crippen LogP contribution >= 0.6 is 0 Å². The second-order valence-corrected chi connectivity index (χ2v) is 5.88. The summed E-state index contributed by atoms with van der Waals surface area (Å²) in [6.07, 6.45) is 1.74. The van der Waals surface area contributed by atoms with E-state index in [0.717, 1.165) is 11.1 Å². The molecule has 0 spiro atoms. The van der Waals surface area contributed by atoms with Crippen LogP contribution in [0.5, 0.6) is 0 Å². The van der Waals surface area contributed by atoms with E-state index in [1.165, 1.54) is 6.26 Å². The standard InChI is InChI=1S/C18H16N4O3/c1-22-17-15(16(21-22)20-18(24)13-8-5-9-25-13)12(10-14(23)19-17)11-6-3-2-4-7-11/h2-9,12H,10H2,1H3,(H,19,23)(H,20,21,24). The Morgan fingerprint density at radius 3 is 2.80 bits per heavy atom. The van der Waals surface area contributed by atoms with Crippen molar-refractivity contribution in [1.29, 1.82) is 0 Å². The molecule has 0 radical (unpaired) electrons. The average molecular weight is 336 g/mol. The molecule has 4 rings (SSSR count). The number of nitrogens with zero attached hydrogens (tertiary/aromatic N) is 2. The Morgan fingerprint density at radius 2 is 2.08 bits per heavy atom. The maximum absolute atomic E-state index is 12.3. The molecule has 7 heteroatoms. The van der Waals surface area contributed by atoms with Crippen LogP contribution in [0.3, 0.4) is 0 Å². The van der Waals surface area contributed by atoms with Gasteiger partial charge in [0.15, 0.2) is 11.6 Å². The molecule has 1 aliphatic heterocycles. The first kappa shape index (κ1) is 15.2. The molecule has 2 amide bonds. The Bertz CT molecular complexity index is 929. The number of benzene rings is 1. The summed E-state index contributed by atoms with van der Waals surface area (Å²) in [5, 5.41) is 10.0. The van der Waals surface area contributed by atoms with Crippen molar-refractivity contribution in [2.75, 3.05) is 10.6 Å². The maximum atomic E-state index is 12.3. The second kappa shape index (κ2) is 5.94. The molecule has 2 N–H and O–H groups in total. The number of hydrogen-bond donors (Lipinski definition) is 2. The third-order valence-corrected chi connectivity index (χ3v) is 4.26. The molecule has 1 aliphatic rings. The van der Waals surface area contributed by atoms with Crippen LogP contribution in [0.15, 0.2) is 53.1 Å². The van der Waals surface area contributed by atoms with Crippen LogP contribution in [0, 0.1) is 0 Å². The number of carbonyl (C=O) groups is 2. The largest absolute Gasteiger partial charge is 0.459 e. The van der Waals surface area contributed by atoms with Gasteiger partial charge in [-0.25, -0.2) is 0 Å². The van der Waals surface area contributed by atoms with Crippen molar-refractivity contribution in [1.82, 2.24) is 9.78 Å². The van der Waals surface area contributed by atoms with Crippen LogP contribution in [-0.4, -0.2) is 21.6 Å². The lowest BCUT2D eigenvalue weighted by atomic mass is 9.86. The molecule has 0 aliphatic carbocycles. The molecule has 0 saturated carbocycles. The van der Waals surface area contributed by atoms with Gasteiger partial charge in [-0.05, 0) is 17.7 Å². The maximum Gasteiger partial charge on any atom is 0.292 e. The molecule has 1 aromatic carbocycles. The zero-order valence-electron chi connectivity index (χ0n) is 13.5. The lowest BCUT2D eigenvalue weighted by Gasteiger charge is -2.24. The molecule has 3 aromatic rings. The van der Waals surface area contributed by atoms with Crippen LogP contribution in [0.1, 0.15) is 34.0 Å². The number of amides is 2. The Hall–Kier alpha value is -3.35. The fourth-order valence-corrected chi connectivity index (χ4v) is 3.13. The highest BCUT2D eigenvalue weighted by Crippen LogP contribution is 2.41. The van der Waals surface area contributed by atoms with Gasteiger partial charge >= 0.3 is 0 Å². The van der Waals surface area contributed by atoms with E-state index in [2.05, 4.69) is 15.7 Å². The molecule has 2 aromatic heterocycles. The van der Waals surface area contributed by atoms with Gasteiger partial charge in [-0.15, -0.1) is 0 Å². The topological polar surface area (TPSA) is 89.2 Å². The van der Waals surface area contributed by atoms with E-state index < -0.39 is 0 Å². The minimum absolute atomic E-state index is 0.0757. The Morgan fingerprint density at radius 1 is 1.28 bits per heavy atom. The van der Waals surface area contributed by atoms with E-state index in [-0.39, 0.29) is 23.5 Å². The molecular formula is C18H16N4O3. The van der Waals surface area contributed by atoms with E-state index in [9.17, 15) is 9.59 Å². The molecule has 1 atom stereocenters. The Kier molecular flexibility index (Phi) is 3.61. The van der Waals surface area contributed by atoms with Crippen molar-refractivity contribution >= 4 is 23.5 Å². The van der Waals surface area contributed by atoms with Crippen LogP contribution in [0.2, 0.25) is 0 Å². The highest BCUT2D eigenvalue weighted by molar-refractivity contribution is 6.04. The van der Waals surface area contributed by atoms with Crippen molar-refractivity contribution in [3.8, 4) is 0 Å². The molecule has 0 fully saturated rings. The number of fused-ring (bicyclic) bond motifs is 1. The normalized spacial score (nSPS) is 16.2. The number of nitrogens with one attached hydrogen (secondary N) is 2. The van der Waals surface area contributed by atoms with Crippen molar-refractivity contribution in [2.45, 2.75) is 12.3 Å². The number of furan rings is 1. The zero-order valence-corrected chi connectivity index (χ0v) is 13.5. The number of rotatable bonds is 3. The van der Waals surface area contributed by atoms with Crippen molar-refractivity contribution in [2.24, 2.45) is 7.05 Å². The minimum Gasteiger partial charge on any atom is -0.459 e. The van der Waals surface area contributed by atoms with E-state index in [4.69, 9.17) is 4.42 Å². The lowest BCUT2D eigenvalue weighted by molar-refractivity contribution is -0.116. The fourth-order valence-electron chi connectivity index (χ4n) is 3.13. The number of hydrogen-bond acceptors (Lipinski definition) is 4. The molecule has 126 valence electrons. The average Bonchev–Trinajstić information content (AvgIpc) is 3.24. The number of anilines is 2. The molecule has 3 heterocycles. The molecule has 25 heavy (non-hydrogen) atoms. The van der Waals surface area contributed by atoms with E-state index in [1.807, 2.05) is 30.3 Å². The summed E-state index contributed by atoms with van der Waals surface area (Å²) in [6.45, 7) is 0. The van der Waals surface area contributed by atoms with Gasteiger partial charge in [-0.2, -0.15) is 5.10 Å². The lowest BCUT2D eigenvalue weighted by Crippen LogP contribution is -2.25. The van der Waals surface area contributed by atoms with Crippen LogP contribution in [0.4, 0.5) is 11.6 Å². The summed E-state index contributed by atoms with van der Waals surface area (Å²) < 4.78 is 6.70. The summed E-state index contributed by atoms with van der Waals surface area (Å²) in [6, 6.07) is 13.0. The van der Waals surface area contributed by atoms with Crippen LogP contribution in [0.25, 0.3) is 0 Å². The quantitative estimate of drug-likeness (QED) is 0.769. The van der Waals surface area contributed by atoms with Crippen molar-refractivity contribution in [3.63, 3.8) is 0 Å². The molecule has 0 saturated heterocycles. The summed E-state index contributed by atoms with van der Waals surface area (Å²) in [7, 11) is 1.73. The first-order chi connectivity index (χ1) is 12.1. The Balaban J connectivity index is 1.76. The van der Waals surface area contributed by atoms with Gasteiger partial charge in [0.05, 0.1) is 6.26 Å². The van der Waals surface area contributed by atoms with Crippen molar-refractivity contribution < 1.29 is 14.0 Å². The molecule has 7 nitrogen and oxygen atoms in total. The first-order valence-corrected chi connectivity index (χ1v) is 7.90. The Labute approximate surface area is 143 Å². The van der Waals surface area contributed by atoms with Gasteiger partial charge in [-0.3, -0.25) is 14.3 Å². The van der Waals surface area contributed by atoms with Gasteiger partial charge in [0.1, 0.15) is 5.82 Å². The number of aromatic nitrogens is 2. The smallest absolute Gasteiger partial charge is 0.292 e. The monoisotopic (exact) mass is 336 g/mol. The number of carbonyl (C=O) groups excluding carboxylic acids is 2. The SMILES string of the molecule is Cn1nc(NC(=O)c2ccco2)c2c1NC(=O)CC2c1ccccc1. The molecule has 0 bridgehead atoms. The van der Waals surface area contributed by atoms with Gasteiger partial charge in [0.25, 0.3) is 5.91 Å². The van der Waals surface area contributed by atoms with E-state index in [0.29, 0.717) is 18.1 Å². The first-order valence-electron chi connectivity index (χ1n) is 7.90. The van der Waals surface area contributed by atoms with E-state index in [1.54, 1.807) is 23.9 Å². The van der Waals surface area contributed by atoms with Gasteiger partial charge in [-0.1, -0.05) is 30.3 Å². The van der Waals surface area contributed by atoms with E-state index >= 15 is 0 Å².